The molecule has 0 radical (unpaired) electrons. The largest absolute Gasteiger partial charge is 0.455 e. The molecule has 8 atom stereocenters. The Morgan fingerprint density at radius 1 is 0.865 bits per heavy atom. The Labute approximate surface area is 304 Å². The average molecular weight is 704 g/mol. The molecule has 4 heterocycles. The number of carbonyl (C=O) groups excluding carboxylic acids is 4. The predicted octanol–water partition coefficient (Wildman–Crippen LogP) is 4.25. The first-order valence-electron chi connectivity index (χ1n) is 18.1. The number of esters is 1. The van der Waals surface area contributed by atoms with Crippen molar-refractivity contribution in [2.75, 3.05) is 20.2 Å². The molecule has 3 aromatic rings. The number of fused-ring (bicyclic) bond motifs is 2. The Morgan fingerprint density at radius 2 is 1.52 bits per heavy atom. The molecule has 0 bridgehead atoms. The third-order valence-corrected chi connectivity index (χ3v) is 11.1. The Hall–Kier alpha value is -5.06. The summed E-state index contributed by atoms with van der Waals surface area (Å²) in [6.07, 6.45) is 6.38. The van der Waals surface area contributed by atoms with E-state index in [0.29, 0.717) is 24.9 Å². The molecule has 270 valence electrons. The minimum Gasteiger partial charge on any atom is -0.455 e. The van der Waals surface area contributed by atoms with Gasteiger partial charge in [-0.15, -0.1) is 0 Å². The number of aliphatic hydroxyl groups is 1. The summed E-state index contributed by atoms with van der Waals surface area (Å²) >= 11 is 0. The molecular formula is C42H45N3O7. The fourth-order valence-corrected chi connectivity index (χ4v) is 8.35. The number of ether oxygens (including phenoxy) is 2. The van der Waals surface area contributed by atoms with Gasteiger partial charge >= 0.3 is 5.97 Å². The van der Waals surface area contributed by atoms with Crippen LogP contribution < -0.4 is 0 Å². The lowest BCUT2D eigenvalue weighted by Crippen LogP contribution is -2.58. The third kappa shape index (κ3) is 6.45. The molecule has 2 fully saturated rings. The maximum atomic E-state index is 15.1. The quantitative estimate of drug-likeness (QED) is 0.289. The lowest BCUT2D eigenvalue weighted by Gasteiger charge is -2.38. The summed E-state index contributed by atoms with van der Waals surface area (Å²) in [7, 11) is 1.70. The lowest BCUT2D eigenvalue weighted by molar-refractivity contribution is -0.164. The molecule has 10 heteroatoms. The predicted molar refractivity (Wildman–Crippen MR) is 193 cm³/mol. The van der Waals surface area contributed by atoms with Crippen molar-refractivity contribution < 1.29 is 33.8 Å². The SMILES string of the molecule is C[C@@H]1[C@@H](c2ccccc2)OC(=O)[C@@H]2[C@H]3C(=O)N([C@@H](CO)Cc4ccccc4)[C@@H]4C(=O)N(Cc5ccccc5)CC=C[C@]34O[C@@H]2/C=C\CCC(=O)N1C. The van der Waals surface area contributed by atoms with Crippen LogP contribution >= 0.6 is 0 Å². The zero-order chi connectivity index (χ0) is 36.4. The molecule has 0 unspecified atom stereocenters. The smallest absolute Gasteiger partial charge is 0.313 e. The summed E-state index contributed by atoms with van der Waals surface area (Å²) in [4.78, 5) is 62.7. The van der Waals surface area contributed by atoms with Gasteiger partial charge in [-0.3, -0.25) is 19.2 Å². The van der Waals surface area contributed by atoms with Gasteiger partial charge in [0.1, 0.15) is 23.7 Å². The first-order chi connectivity index (χ1) is 25.2. The van der Waals surface area contributed by atoms with E-state index in [1.54, 1.807) is 29.0 Å². The van der Waals surface area contributed by atoms with E-state index in [4.69, 9.17) is 9.47 Å². The van der Waals surface area contributed by atoms with Crippen LogP contribution in [0.25, 0.3) is 0 Å². The number of benzene rings is 3. The molecule has 1 N–H and O–H groups in total. The molecular weight excluding hydrogens is 658 g/mol. The van der Waals surface area contributed by atoms with Gasteiger partial charge in [-0.2, -0.15) is 0 Å². The van der Waals surface area contributed by atoms with Crippen molar-refractivity contribution in [1.82, 2.24) is 14.7 Å². The van der Waals surface area contributed by atoms with Crippen molar-refractivity contribution in [3.05, 3.63) is 132 Å². The van der Waals surface area contributed by atoms with Crippen LogP contribution in [0.5, 0.6) is 0 Å². The second kappa shape index (κ2) is 14.9. The first-order valence-corrected chi connectivity index (χ1v) is 18.1. The van der Waals surface area contributed by atoms with Gasteiger partial charge in [-0.05, 0) is 36.5 Å². The second-order valence-corrected chi connectivity index (χ2v) is 14.2. The van der Waals surface area contributed by atoms with Crippen molar-refractivity contribution in [3.8, 4) is 0 Å². The third-order valence-electron chi connectivity index (χ3n) is 11.1. The van der Waals surface area contributed by atoms with Gasteiger partial charge < -0.3 is 29.3 Å². The van der Waals surface area contributed by atoms with Crippen molar-refractivity contribution in [1.29, 1.82) is 0 Å². The number of carbonyl (C=O) groups is 4. The molecule has 10 nitrogen and oxygen atoms in total. The van der Waals surface area contributed by atoms with E-state index in [9.17, 15) is 19.5 Å². The van der Waals surface area contributed by atoms with Gasteiger partial charge in [-0.25, -0.2) is 0 Å². The molecule has 4 aliphatic heterocycles. The monoisotopic (exact) mass is 703 g/mol. The van der Waals surface area contributed by atoms with Gasteiger partial charge in [0.15, 0.2) is 0 Å². The standard InChI is InChI=1S/C42H45N3O7/c1-28-37(31-19-10-5-11-20-31)51-41(50)35-33(21-12-13-22-34(47)43(28)2)52-42-23-14-24-44(26-30-17-8-4-9-18-30)40(49)38(42)45(39(48)36(35)42)32(27-46)25-29-15-6-3-7-16-29/h3-12,14-21,23,28,32-33,35-38,46H,13,22,24-27H2,1-2H3/b21-12-/t28-,32-,33-,35+,36+,37+,38-,42+/m1/s1. The second-order valence-electron chi connectivity index (χ2n) is 14.2. The van der Waals surface area contributed by atoms with Gasteiger partial charge in [0.25, 0.3) is 0 Å². The maximum Gasteiger partial charge on any atom is 0.313 e. The normalized spacial score (nSPS) is 30.4. The molecule has 7 rings (SSSR count). The van der Waals surface area contributed by atoms with Crippen LogP contribution in [0.1, 0.15) is 42.6 Å². The molecule has 3 amide bonds. The van der Waals surface area contributed by atoms with Crippen molar-refractivity contribution in [3.63, 3.8) is 0 Å². The molecule has 2 saturated heterocycles. The molecule has 52 heavy (non-hydrogen) atoms. The van der Waals surface area contributed by atoms with Gasteiger partial charge in [-0.1, -0.05) is 115 Å². The maximum absolute atomic E-state index is 15.1. The fraction of sp³-hybridized carbons (Fsp3) is 0.381. The summed E-state index contributed by atoms with van der Waals surface area (Å²) in [5.74, 6) is -3.73. The molecule has 1 spiro atoms. The highest BCUT2D eigenvalue weighted by molar-refractivity contribution is 5.99. The number of hydrogen-bond donors (Lipinski definition) is 1. The molecule has 3 aromatic carbocycles. The van der Waals surface area contributed by atoms with Gasteiger partial charge in [0.05, 0.1) is 30.7 Å². The topological polar surface area (TPSA) is 117 Å². The number of amides is 3. The van der Waals surface area contributed by atoms with E-state index in [1.807, 2.05) is 110 Å². The molecule has 0 aromatic heterocycles. The van der Waals surface area contributed by atoms with Crippen LogP contribution in [0.4, 0.5) is 0 Å². The van der Waals surface area contributed by atoms with Crippen molar-refractivity contribution in [2.24, 2.45) is 11.8 Å². The highest BCUT2D eigenvalue weighted by Gasteiger charge is 2.72. The first kappa shape index (κ1) is 35.3. The number of aliphatic hydroxyl groups excluding tert-OH is 1. The number of likely N-dealkylation sites (tertiary alicyclic amines) is 1. The van der Waals surface area contributed by atoms with Crippen LogP contribution in [0.15, 0.2) is 115 Å². The van der Waals surface area contributed by atoms with E-state index < -0.39 is 66.3 Å². The van der Waals surface area contributed by atoms with E-state index in [-0.39, 0.29) is 24.8 Å². The number of hydrogen-bond acceptors (Lipinski definition) is 7. The van der Waals surface area contributed by atoms with E-state index >= 15 is 4.79 Å². The van der Waals surface area contributed by atoms with Crippen LogP contribution in [0.2, 0.25) is 0 Å². The summed E-state index contributed by atoms with van der Waals surface area (Å²) in [5, 5.41) is 10.9. The highest BCUT2D eigenvalue weighted by Crippen LogP contribution is 2.54. The Kier molecular flexibility index (Phi) is 10.1. The van der Waals surface area contributed by atoms with E-state index in [2.05, 4.69) is 0 Å². The lowest BCUT2D eigenvalue weighted by atomic mass is 9.77. The highest BCUT2D eigenvalue weighted by atomic mass is 16.6. The van der Waals surface area contributed by atoms with E-state index in [1.165, 1.54) is 4.90 Å². The average Bonchev–Trinajstić information content (AvgIpc) is 3.57. The van der Waals surface area contributed by atoms with Crippen LogP contribution in [-0.2, 0) is 41.6 Å². The molecule has 0 saturated carbocycles. The Balaban J connectivity index is 1.33. The molecule has 0 aliphatic carbocycles. The zero-order valence-corrected chi connectivity index (χ0v) is 29.5. The Bertz CT molecular complexity index is 1830. The van der Waals surface area contributed by atoms with Crippen LogP contribution in [0, 0.1) is 11.8 Å². The number of rotatable bonds is 7. The van der Waals surface area contributed by atoms with Gasteiger partial charge in [0, 0.05) is 26.6 Å². The minimum atomic E-state index is -1.52. The van der Waals surface area contributed by atoms with E-state index in [0.717, 1.165) is 11.1 Å². The number of allylic oxidation sites excluding steroid dienone is 1. The zero-order valence-electron chi connectivity index (χ0n) is 29.5. The van der Waals surface area contributed by atoms with Gasteiger partial charge in [0.2, 0.25) is 17.7 Å². The van der Waals surface area contributed by atoms with Crippen molar-refractivity contribution in [2.45, 2.75) is 68.7 Å². The summed E-state index contributed by atoms with van der Waals surface area (Å²) in [5.41, 5.74) is 1.01. The Morgan fingerprint density at radius 3 is 2.19 bits per heavy atom. The fourth-order valence-electron chi connectivity index (χ4n) is 8.35. The number of cyclic esters (lactones) is 1. The molecule has 4 aliphatic rings. The van der Waals surface area contributed by atoms with Crippen molar-refractivity contribution >= 4 is 23.7 Å². The van der Waals surface area contributed by atoms with Crippen LogP contribution in [0.3, 0.4) is 0 Å². The summed E-state index contributed by atoms with van der Waals surface area (Å²) in [6, 6.07) is 26.0. The number of likely N-dealkylation sites (N-methyl/N-ethyl adjacent to an activating group) is 1. The summed E-state index contributed by atoms with van der Waals surface area (Å²) < 4.78 is 13.3. The van der Waals surface area contributed by atoms with Crippen LogP contribution in [-0.4, -0.2) is 93.5 Å². The minimum absolute atomic E-state index is 0.0933. The number of nitrogens with zero attached hydrogens (tertiary/aromatic N) is 3. The summed E-state index contributed by atoms with van der Waals surface area (Å²) in [6.45, 7) is 2.02.